The van der Waals surface area contributed by atoms with Gasteiger partial charge in [-0.15, -0.1) is 24.0 Å². The summed E-state index contributed by atoms with van der Waals surface area (Å²) in [5, 5.41) is 3.36. The summed E-state index contributed by atoms with van der Waals surface area (Å²) >= 11 is 0. The number of hydrogen-bond acceptors (Lipinski definition) is 5. The maximum absolute atomic E-state index is 5.52. The van der Waals surface area contributed by atoms with Crippen LogP contribution < -0.4 is 19.7 Å². The molecular formula is C21H32IN5O2. The van der Waals surface area contributed by atoms with E-state index in [2.05, 4.69) is 28.2 Å². The summed E-state index contributed by atoms with van der Waals surface area (Å²) in [6.45, 7) is 4.06. The second kappa shape index (κ2) is 12.4. The average Bonchev–Trinajstić information content (AvgIpc) is 2.71. The zero-order chi connectivity index (χ0) is 20.5. The van der Waals surface area contributed by atoms with Gasteiger partial charge in [-0.1, -0.05) is 6.07 Å². The van der Waals surface area contributed by atoms with Crippen molar-refractivity contribution in [2.45, 2.75) is 20.0 Å². The number of benzene rings is 1. The number of hydrogen-bond donors (Lipinski definition) is 1. The van der Waals surface area contributed by atoms with Crippen LogP contribution in [0.4, 0.5) is 5.82 Å². The predicted octanol–water partition coefficient (Wildman–Crippen LogP) is 3.38. The minimum Gasteiger partial charge on any atom is -0.497 e. The molecule has 0 unspecified atom stereocenters. The fourth-order valence-electron chi connectivity index (χ4n) is 2.90. The van der Waals surface area contributed by atoms with Crippen LogP contribution in [0.5, 0.6) is 11.5 Å². The van der Waals surface area contributed by atoms with E-state index < -0.39 is 0 Å². The van der Waals surface area contributed by atoms with Crippen LogP contribution >= 0.6 is 24.0 Å². The van der Waals surface area contributed by atoms with Gasteiger partial charge in [-0.2, -0.15) is 0 Å². The number of ether oxygens (including phenoxy) is 2. The molecule has 0 bridgehead atoms. The Balaban J connectivity index is 0.00000420. The normalized spacial score (nSPS) is 10.8. The molecule has 0 aliphatic rings. The number of nitrogens with one attached hydrogen (secondary N) is 1. The molecule has 8 heteroatoms. The van der Waals surface area contributed by atoms with Gasteiger partial charge in [0.05, 0.1) is 20.8 Å². The summed E-state index contributed by atoms with van der Waals surface area (Å²) in [6.07, 6.45) is 1.80. The maximum atomic E-state index is 5.52. The van der Waals surface area contributed by atoms with E-state index in [1.165, 1.54) is 0 Å². The Labute approximate surface area is 191 Å². The standard InChI is InChI=1S/C21H31N5O2.HI/c1-7-22-21(24-14-16-9-8-12-23-20(16)25(2)3)26(4)15-17-10-11-18(27-5)13-19(17)28-6;/h8-13H,7,14-15H2,1-6H3,(H,22,24);1H. The van der Waals surface area contributed by atoms with Crippen LogP contribution in [0.2, 0.25) is 0 Å². The molecule has 0 aliphatic carbocycles. The molecule has 0 spiro atoms. The van der Waals surface area contributed by atoms with Crippen molar-refractivity contribution in [3.05, 3.63) is 47.7 Å². The SMILES string of the molecule is CCNC(=NCc1cccnc1N(C)C)N(C)Cc1ccc(OC)cc1OC.I. The molecule has 7 nitrogen and oxygen atoms in total. The topological polar surface area (TPSA) is 62.2 Å². The molecule has 1 aromatic carbocycles. The number of pyridine rings is 1. The molecular weight excluding hydrogens is 481 g/mol. The molecule has 2 aromatic rings. The summed E-state index contributed by atoms with van der Waals surface area (Å²) < 4.78 is 10.8. The average molecular weight is 513 g/mol. The number of methoxy groups -OCH3 is 2. The van der Waals surface area contributed by atoms with E-state index in [4.69, 9.17) is 14.5 Å². The maximum Gasteiger partial charge on any atom is 0.194 e. The fourth-order valence-corrected chi connectivity index (χ4v) is 2.90. The highest BCUT2D eigenvalue weighted by molar-refractivity contribution is 14.0. The summed E-state index contributed by atoms with van der Waals surface area (Å²) in [5.74, 6) is 3.33. The molecule has 160 valence electrons. The second-order valence-electron chi connectivity index (χ2n) is 6.58. The Morgan fingerprint density at radius 3 is 2.48 bits per heavy atom. The van der Waals surface area contributed by atoms with Crippen LogP contribution in [0.1, 0.15) is 18.1 Å². The van der Waals surface area contributed by atoms with Gasteiger partial charge in [-0.25, -0.2) is 9.98 Å². The van der Waals surface area contributed by atoms with Crippen molar-refractivity contribution >= 4 is 35.8 Å². The molecule has 0 fully saturated rings. The molecule has 0 radical (unpaired) electrons. The number of guanidine groups is 1. The smallest absolute Gasteiger partial charge is 0.194 e. The van der Waals surface area contributed by atoms with Gasteiger partial charge in [0.1, 0.15) is 17.3 Å². The van der Waals surface area contributed by atoms with Gasteiger partial charge in [0.25, 0.3) is 0 Å². The zero-order valence-electron chi connectivity index (χ0n) is 18.1. The first-order chi connectivity index (χ1) is 13.5. The Morgan fingerprint density at radius 2 is 1.86 bits per heavy atom. The van der Waals surface area contributed by atoms with Crippen LogP contribution in [-0.4, -0.2) is 57.8 Å². The van der Waals surface area contributed by atoms with Crippen molar-refractivity contribution in [3.8, 4) is 11.5 Å². The Morgan fingerprint density at radius 1 is 1.10 bits per heavy atom. The zero-order valence-corrected chi connectivity index (χ0v) is 20.4. The lowest BCUT2D eigenvalue weighted by molar-refractivity contribution is 0.382. The third kappa shape index (κ3) is 6.95. The summed E-state index contributed by atoms with van der Waals surface area (Å²) in [7, 11) is 9.31. The lowest BCUT2D eigenvalue weighted by Crippen LogP contribution is -2.38. The van der Waals surface area contributed by atoms with Crippen LogP contribution in [0.3, 0.4) is 0 Å². The summed E-state index contributed by atoms with van der Waals surface area (Å²) in [5.41, 5.74) is 2.14. The highest BCUT2D eigenvalue weighted by atomic mass is 127. The van der Waals surface area contributed by atoms with E-state index in [1.54, 1.807) is 20.4 Å². The number of halogens is 1. The van der Waals surface area contributed by atoms with Crippen molar-refractivity contribution in [1.29, 1.82) is 0 Å². The second-order valence-corrected chi connectivity index (χ2v) is 6.58. The first kappa shape index (κ1) is 24.8. The van der Waals surface area contributed by atoms with Gasteiger partial charge in [-0.3, -0.25) is 0 Å². The van der Waals surface area contributed by atoms with E-state index >= 15 is 0 Å². The van der Waals surface area contributed by atoms with E-state index in [0.717, 1.165) is 40.9 Å². The number of anilines is 1. The van der Waals surface area contributed by atoms with Crippen molar-refractivity contribution in [2.75, 3.05) is 46.8 Å². The van der Waals surface area contributed by atoms with Crippen molar-refractivity contribution in [2.24, 2.45) is 4.99 Å². The van der Waals surface area contributed by atoms with E-state index in [9.17, 15) is 0 Å². The van der Waals surface area contributed by atoms with Crippen molar-refractivity contribution in [3.63, 3.8) is 0 Å². The Bertz CT molecular complexity index is 798. The molecule has 1 heterocycles. The summed E-state index contributed by atoms with van der Waals surface area (Å²) in [6, 6.07) is 9.85. The van der Waals surface area contributed by atoms with Crippen LogP contribution in [0, 0.1) is 0 Å². The minimum absolute atomic E-state index is 0. The fraction of sp³-hybridized carbons (Fsp3) is 0.429. The molecule has 1 aromatic heterocycles. The van der Waals surface area contributed by atoms with Crippen LogP contribution in [-0.2, 0) is 13.1 Å². The summed E-state index contributed by atoms with van der Waals surface area (Å²) in [4.78, 5) is 13.3. The van der Waals surface area contributed by atoms with Crippen LogP contribution in [0.25, 0.3) is 0 Å². The largest absolute Gasteiger partial charge is 0.497 e. The Hall–Kier alpha value is -2.23. The van der Waals surface area contributed by atoms with E-state index in [0.29, 0.717) is 13.1 Å². The number of aromatic nitrogens is 1. The van der Waals surface area contributed by atoms with Gasteiger partial charge in [0.2, 0.25) is 0 Å². The van der Waals surface area contributed by atoms with Crippen molar-refractivity contribution in [1.82, 2.24) is 15.2 Å². The van der Waals surface area contributed by atoms with Gasteiger partial charge in [0.15, 0.2) is 5.96 Å². The lowest BCUT2D eigenvalue weighted by Gasteiger charge is -2.23. The third-order valence-electron chi connectivity index (χ3n) is 4.29. The van der Waals surface area contributed by atoms with Gasteiger partial charge in [0, 0.05) is 57.6 Å². The quantitative estimate of drug-likeness (QED) is 0.332. The van der Waals surface area contributed by atoms with Gasteiger partial charge < -0.3 is 24.6 Å². The Kier molecular flexibility index (Phi) is 10.6. The van der Waals surface area contributed by atoms with Crippen molar-refractivity contribution < 1.29 is 9.47 Å². The molecule has 2 rings (SSSR count). The number of rotatable bonds is 8. The molecule has 1 N–H and O–H groups in total. The molecule has 0 saturated heterocycles. The van der Waals surface area contributed by atoms with Gasteiger partial charge >= 0.3 is 0 Å². The first-order valence-corrected chi connectivity index (χ1v) is 9.31. The highest BCUT2D eigenvalue weighted by Crippen LogP contribution is 2.25. The molecule has 0 amide bonds. The van der Waals surface area contributed by atoms with E-state index in [1.807, 2.05) is 50.3 Å². The van der Waals surface area contributed by atoms with Gasteiger partial charge in [-0.05, 0) is 25.1 Å². The van der Waals surface area contributed by atoms with Crippen LogP contribution in [0.15, 0.2) is 41.5 Å². The molecule has 0 aliphatic heterocycles. The lowest BCUT2D eigenvalue weighted by atomic mass is 10.2. The monoisotopic (exact) mass is 513 g/mol. The highest BCUT2D eigenvalue weighted by Gasteiger charge is 2.12. The third-order valence-corrected chi connectivity index (χ3v) is 4.29. The number of nitrogens with zero attached hydrogens (tertiary/aromatic N) is 4. The molecule has 0 saturated carbocycles. The molecule has 29 heavy (non-hydrogen) atoms. The predicted molar refractivity (Wildman–Crippen MR) is 130 cm³/mol. The first-order valence-electron chi connectivity index (χ1n) is 9.31. The number of aliphatic imine (C=N–C) groups is 1. The minimum atomic E-state index is 0. The molecule has 0 atom stereocenters. The van der Waals surface area contributed by atoms with E-state index in [-0.39, 0.29) is 24.0 Å².